The first kappa shape index (κ1) is 15.0. The van der Waals surface area contributed by atoms with Gasteiger partial charge in [-0.2, -0.15) is 4.39 Å². The van der Waals surface area contributed by atoms with E-state index in [9.17, 15) is 24.4 Å². The van der Waals surface area contributed by atoms with E-state index in [-0.39, 0.29) is 12.2 Å². The highest BCUT2D eigenvalue weighted by molar-refractivity contribution is 5.95. The summed E-state index contributed by atoms with van der Waals surface area (Å²) < 4.78 is 13.1. The van der Waals surface area contributed by atoms with Crippen molar-refractivity contribution in [1.29, 1.82) is 0 Å². The number of hydrogen-bond acceptors (Lipinski definition) is 4. The molecule has 0 fully saturated rings. The van der Waals surface area contributed by atoms with Gasteiger partial charge in [-0.3, -0.25) is 14.9 Å². The second-order valence-corrected chi connectivity index (χ2v) is 4.45. The van der Waals surface area contributed by atoms with Crippen molar-refractivity contribution in [2.24, 2.45) is 0 Å². The SMILES string of the molecule is CCC(C)(CO)NC(=O)c1ccc(F)c([N+](=O)[O-])c1. The first-order valence-electron chi connectivity index (χ1n) is 5.70. The molecule has 1 unspecified atom stereocenters. The summed E-state index contributed by atoms with van der Waals surface area (Å²) in [6.45, 7) is 3.16. The predicted octanol–water partition coefficient (Wildman–Crippen LogP) is 1.62. The van der Waals surface area contributed by atoms with Gasteiger partial charge >= 0.3 is 5.69 Å². The molecular formula is C12H15FN2O4. The minimum Gasteiger partial charge on any atom is -0.394 e. The second-order valence-electron chi connectivity index (χ2n) is 4.45. The molecule has 1 aromatic rings. The third-order valence-electron chi connectivity index (χ3n) is 2.95. The molecule has 0 aliphatic rings. The van der Waals surface area contributed by atoms with Crippen LogP contribution in [-0.4, -0.2) is 28.1 Å². The Hall–Kier alpha value is -2.02. The normalized spacial score (nSPS) is 13.7. The molecule has 19 heavy (non-hydrogen) atoms. The summed E-state index contributed by atoms with van der Waals surface area (Å²) in [6, 6.07) is 2.90. The molecule has 0 bridgehead atoms. The highest BCUT2D eigenvalue weighted by Gasteiger charge is 2.25. The van der Waals surface area contributed by atoms with Crippen LogP contribution in [0.3, 0.4) is 0 Å². The largest absolute Gasteiger partial charge is 0.394 e. The molecule has 1 amide bonds. The summed E-state index contributed by atoms with van der Waals surface area (Å²) in [5.41, 5.74) is -1.60. The number of amides is 1. The number of nitrogens with zero attached hydrogens (tertiary/aromatic N) is 1. The van der Waals surface area contributed by atoms with E-state index < -0.39 is 27.9 Å². The monoisotopic (exact) mass is 270 g/mol. The molecule has 2 N–H and O–H groups in total. The number of carbonyl (C=O) groups excluding carboxylic acids is 1. The quantitative estimate of drug-likeness (QED) is 0.628. The molecular weight excluding hydrogens is 255 g/mol. The summed E-state index contributed by atoms with van der Waals surface area (Å²) in [5.74, 6) is -1.59. The molecule has 0 aliphatic carbocycles. The van der Waals surface area contributed by atoms with Gasteiger partial charge in [0, 0.05) is 11.6 Å². The Bertz CT molecular complexity index is 501. The number of carbonyl (C=O) groups is 1. The zero-order valence-electron chi connectivity index (χ0n) is 10.6. The molecule has 0 radical (unpaired) electrons. The van der Waals surface area contributed by atoms with Crippen LogP contribution in [0.5, 0.6) is 0 Å². The maximum atomic E-state index is 13.1. The van der Waals surface area contributed by atoms with E-state index in [0.717, 1.165) is 18.2 Å². The van der Waals surface area contributed by atoms with Gasteiger partial charge in [-0.25, -0.2) is 0 Å². The van der Waals surface area contributed by atoms with Crippen LogP contribution in [0.2, 0.25) is 0 Å². The molecule has 7 heteroatoms. The standard InChI is InChI=1S/C12H15FN2O4/c1-3-12(2,7-16)14-11(17)8-4-5-9(13)10(6-8)15(18)19/h4-6,16H,3,7H2,1-2H3,(H,14,17). The molecule has 1 rings (SSSR count). The Morgan fingerprint density at radius 2 is 2.21 bits per heavy atom. The van der Waals surface area contributed by atoms with E-state index in [2.05, 4.69) is 5.32 Å². The van der Waals surface area contributed by atoms with Crippen LogP contribution >= 0.6 is 0 Å². The summed E-state index contributed by atoms with van der Waals surface area (Å²) in [4.78, 5) is 21.6. The number of benzene rings is 1. The summed E-state index contributed by atoms with van der Waals surface area (Å²) in [5, 5.41) is 22.3. The van der Waals surface area contributed by atoms with Crippen molar-refractivity contribution in [2.75, 3.05) is 6.61 Å². The van der Waals surface area contributed by atoms with E-state index in [0.29, 0.717) is 6.42 Å². The fourth-order valence-electron chi connectivity index (χ4n) is 1.38. The number of halogens is 1. The van der Waals surface area contributed by atoms with Crippen LogP contribution < -0.4 is 5.32 Å². The van der Waals surface area contributed by atoms with Crippen molar-refractivity contribution in [3.63, 3.8) is 0 Å². The van der Waals surface area contributed by atoms with Crippen LogP contribution in [0.15, 0.2) is 18.2 Å². The van der Waals surface area contributed by atoms with E-state index >= 15 is 0 Å². The van der Waals surface area contributed by atoms with Crippen LogP contribution in [0.1, 0.15) is 30.6 Å². The summed E-state index contributed by atoms with van der Waals surface area (Å²) in [6.07, 6.45) is 0.485. The zero-order valence-corrected chi connectivity index (χ0v) is 10.6. The molecule has 1 aromatic carbocycles. The van der Waals surface area contributed by atoms with Crippen molar-refractivity contribution in [2.45, 2.75) is 25.8 Å². The van der Waals surface area contributed by atoms with Crippen molar-refractivity contribution in [3.8, 4) is 0 Å². The lowest BCUT2D eigenvalue weighted by atomic mass is 9.99. The van der Waals surface area contributed by atoms with Crippen LogP contribution in [-0.2, 0) is 0 Å². The lowest BCUT2D eigenvalue weighted by Crippen LogP contribution is -2.48. The highest BCUT2D eigenvalue weighted by Crippen LogP contribution is 2.19. The number of nitro benzene ring substituents is 1. The summed E-state index contributed by atoms with van der Waals surface area (Å²) >= 11 is 0. The maximum Gasteiger partial charge on any atom is 0.305 e. The van der Waals surface area contributed by atoms with Gasteiger partial charge in [-0.05, 0) is 25.5 Å². The Balaban J connectivity index is 3.01. The van der Waals surface area contributed by atoms with Crippen molar-refractivity contribution >= 4 is 11.6 Å². The molecule has 104 valence electrons. The molecule has 1 atom stereocenters. The van der Waals surface area contributed by atoms with E-state index in [4.69, 9.17) is 0 Å². The van der Waals surface area contributed by atoms with Crippen LogP contribution in [0.25, 0.3) is 0 Å². The number of nitrogens with one attached hydrogen (secondary N) is 1. The third-order valence-corrected chi connectivity index (χ3v) is 2.95. The predicted molar refractivity (Wildman–Crippen MR) is 66.3 cm³/mol. The molecule has 0 aromatic heterocycles. The minimum atomic E-state index is -0.998. The van der Waals surface area contributed by atoms with Crippen molar-refractivity contribution < 1.29 is 19.2 Å². The lowest BCUT2D eigenvalue weighted by molar-refractivity contribution is -0.387. The Morgan fingerprint density at radius 1 is 1.58 bits per heavy atom. The zero-order chi connectivity index (χ0) is 14.6. The molecule has 0 saturated heterocycles. The van der Waals surface area contributed by atoms with Gasteiger partial charge in [0.2, 0.25) is 5.82 Å². The van der Waals surface area contributed by atoms with E-state index in [1.807, 2.05) is 0 Å². The molecule has 0 heterocycles. The number of rotatable bonds is 5. The fourth-order valence-corrected chi connectivity index (χ4v) is 1.38. The first-order valence-corrected chi connectivity index (χ1v) is 5.70. The molecule has 6 nitrogen and oxygen atoms in total. The number of aliphatic hydroxyl groups excluding tert-OH is 1. The first-order chi connectivity index (χ1) is 8.83. The molecule has 0 aliphatic heterocycles. The Kier molecular flexibility index (Phi) is 4.55. The highest BCUT2D eigenvalue weighted by atomic mass is 19.1. The summed E-state index contributed by atoms with van der Waals surface area (Å²) in [7, 11) is 0. The van der Waals surface area contributed by atoms with Crippen LogP contribution in [0.4, 0.5) is 10.1 Å². The van der Waals surface area contributed by atoms with Gasteiger partial charge in [-0.15, -0.1) is 0 Å². The fraction of sp³-hybridized carbons (Fsp3) is 0.417. The smallest absolute Gasteiger partial charge is 0.305 e. The van der Waals surface area contributed by atoms with Gasteiger partial charge in [0.05, 0.1) is 17.1 Å². The molecule has 0 spiro atoms. The van der Waals surface area contributed by atoms with Gasteiger partial charge in [0.15, 0.2) is 0 Å². The van der Waals surface area contributed by atoms with Gasteiger partial charge in [0.25, 0.3) is 5.91 Å². The maximum absolute atomic E-state index is 13.1. The van der Waals surface area contributed by atoms with Gasteiger partial charge < -0.3 is 10.4 Å². The number of nitro groups is 1. The number of aliphatic hydroxyl groups is 1. The number of hydrogen-bond donors (Lipinski definition) is 2. The van der Waals surface area contributed by atoms with Gasteiger partial charge in [-0.1, -0.05) is 6.92 Å². The van der Waals surface area contributed by atoms with Crippen molar-refractivity contribution in [1.82, 2.24) is 5.32 Å². The van der Waals surface area contributed by atoms with Gasteiger partial charge in [0.1, 0.15) is 0 Å². The van der Waals surface area contributed by atoms with E-state index in [1.54, 1.807) is 13.8 Å². The average Bonchev–Trinajstić information content (AvgIpc) is 2.38. The minimum absolute atomic E-state index is 0.0266. The topological polar surface area (TPSA) is 92.5 Å². The Morgan fingerprint density at radius 3 is 2.68 bits per heavy atom. The third kappa shape index (κ3) is 3.47. The average molecular weight is 270 g/mol. The van der Waals surface area contributed by atoms with E-state index in [1.165, 1.54) is 0 Å². The molecule has 0 saturated carbocycles. The Labute approximate surface area is 109 Å². The lowest BCUT2D eigenvalue weighted by Gasteiger charge is -2.27. The van der Waals surface area contributed by atoms with Crippen LogP contribution in [0, 0.1) is 15.9 Å². The second kappa shape index (κ2) is 5.75. The van der Waals surface area contributed by atoms with Crippen molar-refractivity contribution in [3.05, 3.63) is 39.7 Å².